The van der Waals surface area contributed by atoms with Crippen LogP contribution in [0.25, 0.3) is 0 Å². The van der Waals surface area contributed by atoms with Crippen LogP contribution in [-0.2, 0) is 65.4 Å². The SMILES string of the molecule is CC/C=C\C/C=C\C/C=C\C/C=C\C/C=C\CCCCCC(=O)OCC(COP(=O)(O)OCC(O)COP(=O)(O)OCC(COC(=O)CCCCCCC/C=C\C/C=C\CCC)OC(=O)CCCCCCC/C=C\C/C=C\CCC)OC(=O)CCCCCCCC/C=C\C/C=C\C/C=C\CCCCC. The van der Waals surface area contributed by atoms with Crippen LogP contribution in [0.15, 0.2) is 146 Å². The number of hydrogen-bond acceptors (Lipinski definition) is 15. The third-order valence-electron chi connectivity index (χ3n) is 16.2. The molecule has 0 rings (SSSR count). The highest BCUT2D eigenvalue weighted by Crippen LogP contribution is 2.45. The lowest BCUT2D eigenvalue weighted by Crippen LogP contribution is -2.30. The monoisotopic (exact) mass is 1500 g/mol. The van der Waals surface area contributed by atoms with E-state index in [2.05, 4.69) is 174 Å². The van der Waals surface area contributed by atoms with E-state index in [1.165, 1.54) is 19.3 Å². The molecule has 0 fully saturated rings. The average molecular weight is 1500 g/mol. The molecule has 0 spiro atoms. The molecule has 0 amide bonds. The first-order chi connectivity index (χ1) is 50.7. The summed E-state index contributed by atoms with van der Waals surface area (Å²) in [6.45, 7) is 4.52. The number of ether oxygens (including phenoxy) is 4. The molecule has 0 aromatic carbocycles. The summed E-state index contributed by atoms with van der Waals surface area (Å²) in [7, 11) is -9.99. The number of phosphoric acid groups is 2. The molecule has 0 aliphatic carbocycles. The molecule has 104 heavy (non-hydrogen) atoms. The van der Waals surface area contributed by atoms with E-state index >= 15 is 0 Å². The number of carbonyl (C=O) groups is 4. The minimum absolute atomic E-state index is 0.0679. The smallest absolute Gasteiger partial charge is 0.462 e. The summed E-state index contributed by atoms with van der Waals surface area (Å²) in [6.07, 6.45) is 86.8. The van der Waals surface area contributed by atoms with Crippen molar-refractivity contribution >= 4 is 39.5 Å². The standard InChI is InChI=1S/C85H142O17P2/c1-5-9-13-17-21-25-29-33-35-37-39-41-43-47-50-54-58-62-66-70-83(88)96-76-81(102-85(90)72-68-64-60-56-52-48-44-42-40-38-36-34-30-26-22-18-14-10-6-2)78-100-104(93,94)98-74-79(86)73-97-103(91,92)99-77-80(101-84(89)71-67-63-59-55-51-46-32-28-24-20-16-12-8-4)75-95-82(87)69-65-61-57-53-49-45-31-27-23-19-15-11-7-3/h9,13,15-16,19-22,25-28,31-36,39-42,47,50,79-81,86H,5-8,10-12,14,17-18,23-24,29-30,37-38,43-46,48-49,51-78H2,1-4H3,(H,91,92)(H,93,94)/b13-9-,19-15-,20-16-,25-21-,26-22-,31-27-,32-28-,35-33-,36-34-,41-39-,42-40-,50-47-. The van der Waals surface area contributed by atoms with Gasteiger partial charge in [0.1, 0.15) is 19.3 Å². The molecular formula is C85H142O17P2. The number of aliphatic hydroxyl groups excluding tert-OH is 1. The van der Waals surface area contributed by atoms with Crippen LogP contribution < -0.4 is 0 Å². The first-order valence-electron chi connectivity index (χ1n) is 40.1. The molecule has 0 aromatic heterocycles. The maximum Gasteiger partial charge on any atom is 0.472 e. The van der Waals surface area contributed by atoms with Crippen LogP contribution in [0, 0.1) is 0 Å². The predicted molar refractivity (Wildman–Crippen MR) is 427 cm³/mol. The second-order valence-electron chi connectivity index (χ2n) is 26.3. The van der Waals surface area contributed by atoms with Gasteiger partial charge in [-0.15, -0.1) is 0 Å². The lowest BCUT2D eigenvalue weighted by Gasteiger charge is -2.21. The Bertz CT molecular complexity index is 2540. The lowest BCUT2D eigenvalue weighted by atomic mass is 10.1. The normalized spacial score (nSPS) is 14.6. The zero-order valence-electron chi connectivity index (χ0n) is 64.9. The van der Waals surface area contributed by atoms with E-state index in [0.29, 0.717) is 25.7 Å². The van der Waals surface area contributed by atoms with Crippen molar-refractivity contribution in [1.29, 1.82) is 0 Å². The number of unbranched alkanes of at least 4 members (excludes halogenated alkanes) is 24. The fraction of sp³-hybridized carbons (Fsp3) is 0.671. The van der Waals surface area contributed by atoms with Gasteiger partial charge in [0.15, 0.2) is 12.2 Å². The number of allylic oxidation sites excluding steroid dienone is 24. The number of rotatable bonds is 74. The third-order valence-corrected chi connectivity index (χ3v) is 18.1. The fourth-order valence-electron chi connectivity index (χ4n) is 10.2. The molecule has 0 heterocycles. The minimum atomic E-state index is -5.00. The van der Waals surface area contributed by atoms with Crippen molar-refractivity contribution in [3.8, 4) is 0 Å². The van der Waals surface area contributed by atoms with Gasteiger partial charge in [0.25, 0.3) is 0 Å². The number of esters is 4. The second kappa shape index (κ2) is 76.1. The van der Waals surface area contributed by atoms with Crippen LogP contribution in [0.2, 0.25) is 0 Å². The van der Waals surface area contributed by atoms with Gasteiger partial charge in [-0.1, -0.05) is 270 Å². The van der Waals surface area contributed by atoms with Gasteiger partial charge < -0.3 is 33.8 Å². The first kappa shape index (κ1) is 98.9. The summed E-state index contributed by atoms with van der Waals surface area (Å²) < 4.78 is 68.6. The zero-order valence-corrected chi connectivity index (χ0v) is 66.7. The Labute approximate surface area is 630 Å². The summed E-state index contributed by atoms with van der Waals surface area (Å²) in [6, 6.07) is 0. The summed E-state index contributed by atoms with van der Waals surface area (Å²) in [4.78, 5) is 73.0. The molecule has 0 radical (unpaired) electrons. The van der Waals surface area contributed by atoms with Crippen molar-refractivity contribution in [3.05, 3.63) is 146 Å². The Morgan fingerprint density at radius 2 is 0.519 bits per heavy atom. The van der Waals surface area contributed by atoms with Crippen molar-refractivity contribution in [3.63, 3.8) is 0 Å². The zero-order chi connectivity index (χ0) is 76.0. The topological polar surface area (TPSA) is 237 Å². The third kappa shape index (κ3) is 75.2. The second-order valence-corrected chi connectivity index (χ2v) is 29.2. The summed E-state index contributed by atoms with van der Waals surface area (Å²) in [5, 5.41) is 10.6. The van der Waals surface area contributed by atoms with Gasteiger partial charge in [0, 0.05) is 25.7 Å². The average Bonchev–Trinajstić information content (AvgIpc) is 0.906. The van der Waals surface area contributed by atoms with Gasteiger partial charge in [0.05, 0.1) is 26.4 Å². The number of phosphoric ester groups is 2. The molecule has 5 unspecified atom stereocenters. The van der Waals surface area contributed by atoms with Gasteiger partial charge in [-0.2, -0.15) is 0 Å². The largest absolute Gasteiger partial charge is 0.472 e. The Balaban J connectivity index is 5.43. The highest BCUT2D eigenvalue weighted by molar-refractivity contribution is 7.47. The predicted octanol–water partition coefficient (Wildman–Crippen LogP) is 23.4. The van der Waals surface area contributed by atoms with E-state index < -0.39 is 97.5 Å². The molecule has 594 valence electrons. The van der Waals surface area contributed by atoms with Crippen molar-refractivity contribution < 1.29 is 80.2 Å². The molecule has 3 N–H and O–H groups in total. The van der Waals surface area contributed by atoms with E-state index in [4.69, 9.17) is 37.0 Å². The Morgan fingerprint density at radius 3 is 0.817 bits per heavy atom. The maximum absolute atomic E-state index is 13.1. The number of aliphatic hydroxyl groups is 1. The van der Waals surface area contributed by atoms with E-state index in [-0.39, 0.29) is 25.7 Å². The Morgan fingerprint density at radius 1 is 0.279 bits per heavy atom. The van der Waals surface area contributed by atoms with Crippen LogP contribution in [0.5, 0.6) is 0 Å². The molecule has 0 bridgehead atoms. The van der Waals surface area contributed by atoms with Gasteiger partial charge in [-0.3, -0.25) is 37.3 Å². The molecule has 0 aliphatic rings. The lowest BCUT2D eigenvalue weighted by molar-refractivity contribution is -0.161. The summed E-state index contributed by atoms with van der Waals surface area (Å²) >= 11 is 0. The van der Waals surface area contributed by atoms with E-state index in [9.17, 15) is 43.2 Å². The van der Waals surface area contributed by atoms with Crippen LogP contribution in [0.3, 0.4) is 0 Å². The molecule has 5 atom stereocenters. The highest BCUT2D eigenvalue weighted by Gasteiger charge is 2.30. The van der Waals surface area contributed by atoms with Crippen LogP contribution >= 0.6 is 15.6 Å². The van der Waals surface area contributed by atoms with E-state index in [1.54, 1.807) is 0 Å². The quantitative estimate of drug-likeness (QED) is 0.0169. The number of hydrogen-bond donors (Lipinski definition) is 3. The van der Waals surface area contributed by atoms with Crippen molar-refractivity contribution in [1.82, 2.24) is 0 Å². The van der Waals surface area contributed by atoms with E-state index in [0.717, 1.165) is 212 Å². The van der Waals surface area contributed by atoms with Crippen LogP contribution in [0.1, 0.15) is 310 Å². The van der Waals surface area contributed by atoms with Gasteiger partial charge in [-0.25, -0.2) is 9.13 Å². The van der Waals surface area contributed by atoms with Gasteiger partial charge in [0.2, 0.25) is 0 Å². The van der Waals surface area contributed by atoms with Crippen molar-refractivity contribution in [2.75, 3.05) is 39.6 Å². The summed E-state index contributed by atoms with van der Waals surface area (Å²) in [5.41, 5.74) is 0. The highest BCUT2D eigenvalue weighted by atomic mass is 31.2. The van der Waals surface area contributed by atoms with Gasteiger partial charge >= 0.3 is 39.5 Å². The Kier molecular flexibility index (Phi) is 72.4. The molecule has 0 saturated heterocycles. The minimum Gasteiger partial charge on any atom is -0.462 e. The number of carbonyl (C=O) groups excluding carboxylic acids is 4. The van der Waals surface area contributed by atoms with Crippen molar-refractivity contribution in [2.45, 2.75) is 329 Å². The molecule has 17 nitrogen and oxygen atoms in total. The molecule has 0 aromatic rings. The molecule has 19 heteroatoms. The first-order valence-corrected chi connectivity index (χ1v) is 43.1. The van der Waals surface area contributed by atoms with Crippen LogP contribution in [0.4, 0.5) is 0 Å². The van der Waals surface area contributed by atoms with Crippen LogP contribution in [-0.4, -0.2) is 96.7 Å². The van der Waals surface area contributed by atoms with E-state index in [1.807, 2.05) is 0 Å². The maximum atomic E-state index is 13.1. The summed E-state index contributed by atoms with van der Waals surface area (Å²) in [5.74, 6) is -2.26. The fourth-order valence-corrected chi connectivity index (χ4v) is 11.7. The molecule has 0 aliphatic heterocycles. The molecular weight excluding hydrogens is 1350 g/mol. The van der Waals surface area contributed by atoms with Crippen molar-refractivity contribution in [2.24, 2.45) is 0 Å². The molecule has 0 saturated carbocycles. The van der Waals surface area contributed by atoms with Gasteiger partial charge in [-0.05, 0) is 161 Å². The Hall–Kier alpha value is -5.06.